The molecule has 3 N–H and O–H groups in total. The van der Waals surface area contributed by atoms with Gasteiger partial charge in [-0.1, -0.05) is 12.1 Å². The summed E-state index contributed by atoms with van der Waals surface area (Å²) in [6, 6.07) is 5.68. The predicted molar refractivity (Wildman–Crippen MR) is 83.8 cm³/mol. The van der Waals surface area contributed by atoms with E-state index in [9.17, 15) is 26.3 Å². The Morgan fingerprint density at radius 2 is 1.73 bits per heavy atom. The summed E-state index contributed by atoms with van der Waals surface area (Å²) in [6.07, 6.45) is -10.1. The van der Waals surface area contributed by atoms with E-state index in [2.05, 4.69) is 5.32 Å². The van der Waals surface area contributed by atoms with Crippen molar-refractivity contribution in [3.8, 4) is 16.9 Å². The lowest BCUT2D eigenvalue weighted by atomic mass is 9.95. The molecule has 3 nitrogen and oxygen atoms in total. The van der Waals surface area contributed by atoms with Gasteiger partial charge in [0, 0.05) is 12.1 Å². The molecule has 2 aromatic carbocycles. The number of hydrogen-bond donors (Lipinski definition) is 2. The summed E-state index contributed by atoms with van der Waals surface area (Å²) in [5.74, 6) is 0.0547. The number of nitrogens with two attached hydrogens (primary N) is 1. The molecule has 1 unspecified atom stereocenters. The molecular weight excluding hydrogens is 362 g/mol. The van der Waals surface area contributed by atoms with Gasteiger partial charge in [-0.15, -0.1) is 0 Å². The molecule has 3 rings (SSSR count). The van der Waals surface area contributed by atoms with E-state index in [0.29, 0.717) is 30.4 Å². The van der Waals surface area contributed by atoms with Crippen molar-refractivity contribution in [3.63, 3.8) is 0 Å². The Kier molecular flexibility index (Phi) is 4.51. The van der Waals surface area contributed by atoms with Crippen LogP contribution in [0.2, 0.25) is 0 Å². The molecule has 140 valence electrons. The fourth-order valence-corrected chi connectivity index (χ4v) is 2.77. The van der Waals surface area contributed by atoms with Crippen LogP contribution in [-0.4, -0.2) is 19.2 Å². The van der Waals surface area contributed by atoms with Crippen molar-refractivity contribution in [1.29, 1.82) is 0 Å². The van der Waals surface area contributed by atoms with E-state index in [1.54, 1.807) is 6.07 Å². The lowest BCUT2D eigenvalue weighted by Crippen LogP contribution is -2.37. The Labute approximate surface area is 144 Å². The van der Waals surface area contributed by atoms with E-state index in [1.165, 1.54) is 12.1 Å². The zero-order valence-corrected chi connectivity index (χ0v) is 13.2. The van der Waals surface area contributed by atoms with Gasteiger partial charge in [0.25, 0.3) is 0 Å². The second kappa shape index (κ2) is 6.39. The summed E-state index contributed by atoms with van der Waals surface area (Å²) < 4.78 is 84.8. The highest BCUT2D eigenvalue weighted by molar-refractivity contribution is 5.81. The van der Waals surface area contributed by atoms with Crippen molar-refractivity contribution in [3.05, 3.63) is 47.5 Å². The molecule has 1 aliphatic heterocycles. The molecule has 0 saturated heterocycles. The van der Waals surface area contributed by atoms with Crippen LogP contribution in [0.1, 0.15) is 11.1 Å². The van der Waals surface area contributed by atoms with Crippen LogP contribution in [0.25, 0.3) is 11.1 Å². The van der Waals surface area contributed by atoms with Crippen LogP contribution in [0.5, 0.6) is 5.75 Å². The smallest absolute Gasteiger partial charge is 0.417 e. The maximum absolute atomic E-state index is 13.4. The molecule has 2 aromatic rings. The largest absolute Gasteiger partial charge is 0.484 e. The number of fused-ring (bicyclic) bond motifs is 1. The third-order valence-electron chi connectivity index (χ3n) is 4.03. The lowest BCUT2D eigenvalue weighted by Gasteiger charge is -2.29. The van der Waals surface area contributed by atoms with Crippen molar-refractivity contribution < 1.29 is 31.1 Å². The predicted octanol–water partition coefficient (Wildman–Crippen LogP) is 4.52. The van der Waals surface area contributed by atoms with Crippen LogP contribution >= 0.6 is 0 Å². The molecule has 1 atom stereocenters. The van der Waals surface area contributed by atoms with Crippen LogP contribution in [-0.2, 0) is 12.4 Å². The molecule has 0 aromatic heterocycles. The van der Waals surface area contributed by atoms with Crippen LogP contribution in [0.4, 0.5) is 32.0 Å². The Morgan fingerprint density at radius 3 is 2.35 bits per heavy atom. The zero-order valence-electron chi connectivity index (χ0n) is 13.2. The summed E-state index contributed by atoms with van der Waals surface area (Å²) >= 11 is 0. The molecule has 0 bridgehead atoms. The molecule has 1 aliphatic rings. The standard InChI is InChI=1S/C17H14F6N2O/c18-16(19,20)9-4-5-13(17(21,22)23)12(6-9)11-2-1-3-14-15(11)26-10(7-24)8-25-14/h1-6,10,25H,7-8,24H2. The molecule has 0 aliphatic carbocycles. The Balaban J connectivity index is 2.23. The van der Waals surface area contributed by atoms with Crippen LogP contribution in [0.3, 0.4) is 0 Å². The number of anilines is 1. The van der Waals surface area contributed by atoms with E-state index >= 15 is 0 Å². The van der Waals surface area contributed by atoms with Crippen LogP contribution < -0.4 is 15.8 Å². The molecule has 26 heavy (non-hydrogen) atoms. The second-order valence-electron chi connectivity index (χ2n) is 5.79. The van der Waals surface area contributed by atoms with Crippen LogP contribution in [0, 0.1) is 0 Å². The average molecular weight is 376 g/mol. The lowest BCUT2D eigenvalue weighted by molar-refractivity contribution is -0.141. The van der Waals surface area contributed by atoms with Gasteiger partial charge in [0.2, 0.25) is 0 Å². The van der Waals surface area contributed by atoms with Gasteiger partial charge in [-0.05, 0) is 29.8 Å². The number of hydrogen-bond acceptors (Lipinski definition) is 3. The molecule has 0 amide bonds. The number of benzene rings is 2. The van der Waals surface area contributed by atoms with Gasteiger partial charge < -0.3 is 15.8 Å². The van der Waals surface area contributed by atoms with Gasteiger partial charge in [-0.2, -0.15) is 26.3 Å². The summed E-state index contributed by atoms with van der Waals surface area (Å²) in [5, 5.41) is 2.97. The first-order valence-electron chi connectivity index (χ1n) is 7.63. The van der Waals surface area contributed by atoms with Crippen LogP contribution in [0.15, 0.2) is 36.4 Å². The van der Waals surface area contributed by atoms with Gasteiger partial charge in [0.05, 0.1) is 23.4 Å². The highest BCUT2D eigenvalue weighted by Gasteiger charge is 2.38. The van der Waals surface area contributed by atoms with Gasteiger partial charge in [0.1, 0.15) is 6.10 Å². The van der Waals surface area contributed by atoms with E-state index < -0.39 is 35.1 Å². The van der Waals surface area contributed by atoms with Crippen molar-refractivity contribution in [1.82, 2.24) is 0 Å². The topological polar surface area (TPSA) is 47.3 Å². The molecular formula is C17H14F6N2O. The van der Waals surface area contributed by atoms with Gasteiger partial charge in [0.15, 0.2) is 5.75 Å². The first-order valence-corrected chi connectivity index (χ1v) is 7.63. The minimum atomic E-state index is -4.82. The number of halogens is 6. The van der Waals surface area contributed by atoms with Gasteiger partial charge in [-0.25, -0.2) is 0 Å². The molecule has 0 fully saturated rings. The normalized spacial score (nSPS) is 17.3. The van der Waals surface area contributed by atoms with Gasteiger partial charge in [-0.3, -0.25) is 0 Å². The fraction of sp³-hybridized carbons (Fsp3) is 0.294. The first kappa shape index (κ1) is 18.4. The van der Waals surface area contributed by atoms with Crippen molar-refractivity contribution in [2.75, 3.05) is 18.4 Å². The molecule has 9 heteroatoms. The number of para-hydroxylation sites is 1. The molecule has 0 spiro atoms. The third-order valence-corrected chi connectivity index (χ3v) is 4.03. The summed E-state index contributed by atoms with van der Waals surface area (Å²) in [7, 11) is 0. The SMILES string of the molecule is NCC1CNc2cccc(-c3cc(C(F)(F)F)ccc3C(F)(F)F)c2O1. The average Bonchev–Trinajstić information content (AvgIpc) is 2.58. The van der Waals surface area contributed by atoms with Gasteiger partial charge >= 0.3 is 12.4 Å². The monoisotopic (exact) mass is 376 g/mol. The first-order chi connectivity index (χ1) is 12.1. The van der Waals surface area contributed by atoms with E-state index in [4.69, 9.17) is 10.5 Å². The zero-order chi connectivity index (χ0) is 19.1. The Hall–Kier alpha value is -2.42. The number of alkyl halides is 6. The molecule has 0 saturated carbocycles. The van der Waals surface area contributed by atoms with E-state index in [-0.39, 0.29) is 17.9 Å². The minimum absolute atomic E-state index is 0.0547. The second-order valence-corrected chi connectivity index (χ2v) is 5.79. The number of nitrogens with one attached hydrogen (secondary N) is 1. The highest BCUT2D eigenvalue weighted by Crippen LogP contribution is 2.46. The number of ether oxygens (including phenoxy) is 1. The quantitative estimate of drug-likeness (QED) is 0.758. The van der Waals surface area contributed by atoms with Crippen molar-refractivity contribution in [2.24, 2.45) is 5.73 Å². The Bertz CT molecular complexity index is 816. The van der Waals surface area contributed by atoms with Crippen molar-refractivity contribution >= 4 is 5.69 Å². The number of rotatable bonds is 2. The molecule has 0 radical (unpaired) electrons. The minimum Gasteiger partial charge on any atom is -0.484 e. The maximum Gasteiger partial charge on any atom is 0.417 e. The Morgan fingerprint density at radius 1 is 1.00 bits per heavy atom. The van der Waals surface area contributed by atoms with E-state index in [0.717, 1.165) is 0 Å². The maximum atomic E-state index is 13.4. The highest BCUT2D eigenvalue weighted by atomic mass is 19.4. The summed E-state index contributed by atoms with van der Waals surface area (Å²) in [6.45, 7) is 0.456. The summed E-state index contributed by atoms with van der Waals surface area (Å²) in [4.78, 5) is 0. The van der Waals surface area contributed by atoms with E-state index in [1.807, 2.05) is 0 Å². The van der Waals surface area contributed by atoms with Crippen molar-refractivity contribution in [2.45, 2.75) is 18.5 Å². The fourth-order valence-electron chi connectivity index (χ4n) is 2.77. The molecule has 1 heterocycles. The third kappa shape index (κ3) is 3.44. The summed E-state index contributed by atoms with van der Waals surface area (Å²) in [5.41, 5.74) is 2.93.